The summed E-state index contributed by atoms with van der Waals surface area (Å²) in [7, 11) is 3.58. The van der Waals surface area contributed by atoms with Gasteiger partial charge >= 0.3 is 6.36 Å². The first-order chi connectivity index (χ1) is 14.1. The Balaban J connectivity index is 2.02. The zero-order valence-electron chi connectivity index (χ0n) is 17.2. The van der Waals surface area contributed by atoms with Crippen LogP contribution in [0.25, 0.3) is 6.08 Å². The van der Waals surface area contributed by atoms with Gasteiger partial charge in [-0.25, -0.2) is 0 Å². The van der Waals surface area contributed by atoms with E-state index in [1.165, 1.54) is 24.3 Å². The van der Waals surface area contributed by atoms with Crippen molar-refractivity contribution in [3.8, 4) is 5.75 Å². The van der Waals surface area contributed by atoms with Crippen LogP contribution in [0.3, 0.4) is 0 Å². The second-order valence-corrected chi connectivity index (χ2v) is 8.00. The molecule has 3 rings (SSSR count). The van der Waals surface area contributed by atoms with E-state index in [1.807, 2.05) is 50.4 Å². The molecule has 4 nitrogen and oxygen atoms in total. The van der Waals surface area contributed by atoms with Gasteiger partial charge in [-0.05, 0) is 41.9 Å². The molecule has 2 aromatic rings. The molecule has 0 bridgehead atoms. The summed E-state index contributed by atoms with van der Waals surface area (Å²) in [6, 6.07) is 13.0. The maximum absolute atomic E-state index is 12.5. The van der Waals surface area contributed by atoms with Crippen LogP contribution < -0.4 is 4.74 Å². The topological polar surface area (TPSA) is 41.9 Å². The molecule has 0 radical (unpaired) electrons. The number of hydrogen-bond donors (Lipinski definition) is 1. The molecule has 1 unspecified atom stereocenters. The normalized spacial score (nSPS) is 18.8. The van der Waals surface area contributed by atoms with Crippen molar-refractivity contribution >= 4 is 6.08 Å². The molecule has 7 heteroatoms. The van der Waals surface area contributed by atoms with Crippen LogP contribution in [0.1, 0.15) is 23.6 Å². The zero-order valence-corrected chi connectivity index (χ0v) is 17.2. The first kappa shape index (κ1) is 22.3. The van der Waals surface area contributed by atoms with Crippen molar-refractivity contribution in [3.05, 3.63) is 71.3 Å². The maximum Gasteiger partial charge on any atom is 0.573 e. The van der Waals surface area contributed by atoms with E-state index in [0.717, 1.165) is 5.56 Å². The lowest BCUT2D eigenvalue weighted by Crippen LogP contribution is -2.63. The fourth-order valence-corrected chi connectivity index (χ4v) is 4.28. The summed E-state index contributed by atoms with van der Waals surface area (Å²) >= 11 is 0. The van der Waals surface area contributed by atoms with Crippen molar-refractivity contribution < 1.29 is 27.8 Å². The van der Waals surface area contributed by atoms with Crippen LogP contribution in [0.15, 0.2) is 54.6 Å². The number of aliphatic hydroxyl groups is 1. The Bertz CT molecular complexity index is 889. The van der Waals surface area contributed by atoms with Crippen LogP contribution >= 0.6 is 0 Å². The van der Waals surface area contributed by atoms with Crippen LogP contribution in [0, 0.1) is 5.41 Å². The molecule has 162 valence electrons. The van der Waals surface area contributed by atoms with Gasteiger partial charge in [-0.1, -0.05) is 49.4 Å². The van der Waals surface area contributed by atoms with Gasteiger partial charge in [0, 0.05) is 25.6 Å². The number of alkyl halides is 3. The van der Waals surface area contributed by atoms with Crippen molar-refractivity contribution in [2.24, 2.45) is 5.41 Å². The lowest BCUT2D eigenvalue weighted by Gasteiger charge is -2.56. The fraction of sp³-hybridized carbons (Fsp3) is 0.391. The molecule has 1 fully saturated rings. The van der Waals surface area contributed by atoms with Crippen LogP contribution in [0.4, 0.5) is 13.2 Å². The number of methoxy groups -OCH3 is 1. The summed E-state index contributed by atoms with van der Waals surface area (Å²) in [6.07, 6.45) is -0.980. The highest BCUT2D eigenvalue weighted by Gasteiger charge is 2.55. The molecule has 1 aliphatic heterocycles. The molecule has 0 saturated carbocycles. The highest BCUT2D eigenvalue weighted by Crippen LogP contribution is 2.50. The van der Waals surface area contributed by atoms with Crippen molar-refractivity contribution in [2.45, 2.75) is 18.9 Å². The summed E-state index contributed by atoms with van der Waals surface area (Å²) in [6.45, 7) is 3.75. The second kappa shape index (κ2) is 8.41. The monoisotopic (exact) mass is 421 g/mol. The Kier molecular flexibility index (Phi) is 6.26. The van der Waals surface area contributed by atoms with Crippen molar-refractivity contribution in [3.63, 3.8) is 0 Å². The Hall–Kier alpha value is -2.35. The lowest BCUT2D eigenvalue weighted by atomic mass is 9.62. The minimum Gasteiger partial charge on any atom is -0.406 e. The fourth-order valence-electron chi connectivity index (χ4n) is 4.28. The summed E-state index contributed by atoms with van der Waals surface area (Å²) in [5.41, 5.74) is 0.203. The standard InChI is InChI=1S/C23H26F3NO3/c1-21(15-27(2)16-21)22(28,18-9-11-20(12-10-18)30-23(24,25)26)19-8-4-6-17(14-19)7-5-13-29-3/h4-12,14,28H,13,15-16H2,1-3H3/b7-5+. The number of rotatable bonds is 7. The summed E-state index contributed by atoms with van der Waals surface area (Å²) in [5.74, 6) is -0.319. The van der Waals surface area contributed by atoms with Gasteiger partial charge in [0.2, 0.25) is 0 Å². The van der Waals surface area contributed by atoms with Gasteiger partial charge in [0.15, 0.2) is 0 Å². The van der Waals surface area contributed by atoms with E-state index in [4.69, 9.17) is 4.74 Å². The van der Waals surface area contributed by atoms with Gasteiger partial charge in [-0.15, -0.1) is 13.2 Å². The number of nitrogens with zero attached hydrogens (tertiary/aromatic N) is 1. The van der Waals surface area contributed by atoms with Gasteiger partial charge in [-0.3, -0.25) is 0 Å². The second-order valence-electron chi connectivity index (χ2n) is 8.00. The number of hydrogen-bond acceptors (Lipinski definition) is 4. The third kappa shape index (κ3) is 4.53. The van der Waals surface area contributed by atoms with Gasteiger partial charge in [0.1, 0.15) is 11.4 Å². The van der Waals surface area contributed by atoms with E-state index < -0.39 is 17.4 Å². The number of benzene rings is 2. The molecule has 1 saturated heterocycles. The number of ether oxygens (including phenoxy) is 2. The Morgan fingerprint density at radius 3 is 2.33 bits per heavy atom. The molecule has 1 heterocycles. The average molecular weight is 421 g/mol. The van der Waals surface area contributed by atoms with Crippen LogP contribution in [-0.2, 0) is 10.3 Å². The molecule has 0 aromatic heterocycles. The summed E-state index contributed by atoms with van der Waals surface area (Å²) < 4.78 is 46.6. The van der Waals surface area contributed by atoms with E-state index in [-0.39, 0.29) is 5.75 Å². The summed E-state index contributed by atoms with van der Waals surface area (Å²) in [5, 5.41) is 12.0. The van der Waals surface area contributed by atoms with E-state index in [2.05, 4.69) is 9.64 Å². The Morgan fingerprint density at radius 2 is 1.77 bits per heavy atom. The highest BCUT2D eigenvalue weighted by atomic mass is 19.4. The molecule has 1 aliphatic rings. The first-order valence-corrected chi connectivity index (χ1v) is 9.61. The van der Waals surface area contributed by atoms with Gasteiger partial charge in [0.05, 0.1) is 6.61 Å². The molecule has 0 spiro atoms. The van der Waals surface area contributed by atoms with E-state index in [1.54, 1.807) is 7.11 Å². The number of likely N-dealkylation sites (tertiary alicyclic amines) is 1. The third-order valence-electron chi connectivity index (χ3n) is 5.49. The highest BCUT2D eigenvalue weighted by molar-refractivity contribution is 5.53. The maximum atomic E-state index is 12.5. The van der Waals surface area contributed by atoms with Crippen LogP contribution in [-0.4, -0.2) is 50.2 Å². The van der Waals surface area contributed by atoms with Gasteiger partial charge < -0.3 is 19.5 Å². The smallest absolute Gasteiger partial charge is 0.406 e. The van der Waals surface area contributed by atoms with E-state index >= 15 is 0 Å². The predicted octanol–water partition coefficient (Wildman–Crippen LogP) is 4.43. The Labute approximate surface area is 174 Å². The molecule has 0 amide bonds. The molecule has 1 N–H and O–H groups in total. The van der Waals surface area contributed by atoms with Gasteiger partial charge in [-0.2, -0.15) is 0 Å². The largest absolute Gasteiger partial charge is 0.573 e. The van der Waals surface area contributed by atoms with Crippen molar-refractivity contribution in [1.29, 1.82) is 0 Å². The predicted molar refractivity (Wildman–Crippen MR) is 109 cm³/mol. The first-order valence-electron chi connectivity index (χ1n) is 9.61. The van der Waals surface area contributed by atoms with Crippen molar-refractivity contribution in [1.82, 2.24) is 4.90 Å². The van der Waals surface area contributed by atoms with Crippen LogP contribution in [0.5, 0.6) is 5.75 Å². The molecule has 2 aromatic carbocycles. The van der Waals surface area contributed by atoms with Crippen LogP contribution in [0.2, 0.25) is 0 Å². The third-order valence-corrected chi connectivity index (χ3v) is 5.49. The average Bonchev–Trinajstić information content (AvgIpc) is 2.66. The lowest BCUT2D eigenvalue weighted by molar-refractivity contribution is -0.274. The van der Waals surface area contributed by atoms with Crippen molar-refractivity contribution in [2.75, 3.05) is 33.9 Å². The SMILES string of the molecule is COC/C=C/c1cccc(C(O)(c2ccc(OC(F)(F)F)cc2)C2(C)CN(C)C2)c1. The molecule has 1 atom stereocenters. The minimum atomic E-state index is -4.76. The van der Waals surface area contributed by atoms with E-state index in [0.29, 0.717) is 30.8 Å². The molecule has 30 heavy (non-hydrogen) atoms. The molecular weight excluding hydrogens is 395 g/mol. The number of halogens is 3. The minimum absolute atomic E-state index is 0.319. The molecule has 0 aliphatic carbocycles. The molecular formula is C23H26F3NO3. The Morgan fingerprint density at radius 1 is 1.10 bits per heavy atom. The zero-order chi connectivity index (χ0) is 22.0. The van der Waals surface area contributed by atoms with E-state index in [9.17, 15) is 18.3 Å². The van der Waals surface area contributed by atoms with Gasteiger partial charge in [0.25, 0.3) is 0 Å². The quantitative estimate of drug-likeness (QED) is 0.718. The summed E-state index contributed by atoms with van der Waals surface area (Å²) in [4.78, 5) is 2.09.